The van der Waals surface area contributed by atoms with Crippen molar-refractivity contribution in [2.45, 2.75) is 44.6 Å². The van der Waals surface area contributed by atoms with Crippen molar-refractivity contribution < 1.29 is 4.74 Å². The number of nitrogens with zero attached hydrogens (tertiary/aromatic N) is 3. The Hall–Kier alpha value is -1.95. The van der Waals surface area contributed by atoms with Gasteiger partial charge in [-0.15, -0.1) is 0 Å². The Labute approximate surface area is 188 Å². The first-order valence-electron chi connectivity index (χ1n) is 11.6. The molecule has 1 saturated carbocycles. The molecule has 162 valence electrons. The van der Waals surface area contributed by atoms with Crippen LogP contribution in [0.15, 0.2) is 30.5 Å². The van der Waals surface area contributed by atoms with Gasteiger partial charge in [0.1, 0.15) is 5.69 Å². The predicted octanol–water partition coefficient (Wildman–Crippen LogP) is 5.19. The van der Waals surface area contributed by atoms with Gasteiger partial charge in [-0.2, -0.15) is 5.10 Å². The highest BCUT2D eigenvalue weighted by Gasteiger charge is 2.43. The van der Waals surface area contributed by atoms with E-state index < -0.39 is 0 Å². The van der Waals surface area contributed by atoms with E-state index in [9.17, 15) is 0 Å². The van der Waals surface area contributed by atoms with Gasteiger partial charge in [0.25, 0.3) is 0 Å². The Morgan fingerprint density at radius 3 is 2.61 bits per heavy atom. The van der Waals surface area contributed by atoms with Crippen molar-refractivity contribution in [3.63, 3.8) is 0 Å². The van der Waals surface area contributed by atoms with Gasteiger partial charge >= 0.3 is 0 Å². The molecule has 3 aliphatic rings. The maximum Gasteiger partial charge on any atom is 0.100 e. The minimum Gasteiger partial charge on any atom is -0.381 e. The number of aromatic amines is 1. The van der Waals surface area contributed by atoms with Crippen LogP contribution in [-0.2, 0) is 4.74 Å². The van der Waals surface area contributed by atoms with Gasteiger partial charge in [-0.25, -0.2) is 0 Å². The van der Waals surface area contributed by atoms with Crippen LogP contribution in [0, 0.1) is 18.8 Å². The average Bonchev–Trinajstić information content (AvgIpc) is 3.46. The number of aromatic nitrogens is 3. The third-order valence-electron chi connectivity index (χ3n) is 7.78. The molecule has 5 nitrogen and oxygen atoms in total. The number of aryl methyl sites for hydroxylation is 1. The van der Waals surface area contributed by atoms with Crippen LogP contribution in [0.25, 0.3) is 22.2 Å². The number of nitrogens with one attached hydrogen (secondary N) is 1. The minimum absolute atomic E-state index is 0.547. The summed E-state index contributed by atoms with van der Waals surface area (Å²) in [7, 11) is 0. The Kier molecular flexibility index (Phi) is 5.01. The third-order valence-corrected chi connectivity index (χ3v) is 8.10. The van der Waals surface area contributed by atoms with Crippen LogP contribution in [0.5, 0.6) is 0 Å². The molecule has 1 aliphatic carbocycles. The Balaban J connectivity index is 1.25. The molecule has 1 aromatic carbocycles. The van der Waals surface area contributed by atoms with Gasteiger partial charge in [0.2, 0.25) is 0 Å². The number of fused-ring (bicyclic) bond motifs is 2. The summed E-state index contributed by atoms with van der Waals surface area (Å²) in [5.41, 5.74) is 5.39. The zero-order valence-corrected chi connectivity index (χ0v) is 18.7. The number of likely N-dealkylation sites (tertiary alicyclic amines) is 1. The van der Waals surface area contributed by atoms with Crippen LogP contribution < -0.4 is 0 Å². The van der Waals surface area contributed by atoms with Crippen LogP contribution in [0.1, 0.15) is 42.9 Å². The van der Waals surface area contributed by atoms with E-state index in [1.165, 1.54) is 44.3 Å². The molecular formula is C25H29ClN4O. The van der Waals surface area contributed by atoms with Crippen LogP contribution in [0.2, 0.25) is 5.02 Å². The molecular weight excluding hydrogens is 408 g/mol. The zero-order valence-electron chi connectivity index (χ0n) is 18.0. The number of hydrogen-bond donors (Lipinski definition) is 1. The summed E-state index contributed by atoms with van der Waals surface area (Å²) in [4.78, 5) is 7.08. The lowest BCUT2D eigenvalue weighted by Gasteiger charge is -2.32. The fourth-order valence-electron chi connectivity index (χ4n) is 6.22. The van der Waals surface area contributed by atoms with Crippen molar-refractivity contribution >= 4 is 22.5 Å². The topological polar surface area (TPSA) is 54.0 Å². The summed E-state index contributed by atoms with van der Waals surface area (Å²) >= 11 is 6.79. The van der Waals surface area contributed by atoms with Crippen LogP contribution in [0.4, 0.5) is 0 Å². The molecule has 6 heteroatoms. The standard InChI is InChI=1S/C25H29ClN4O/c1-15-8-16(2-5-27-15)25-22-11-21(23(26)12-24(22)28-29-25)17-9-18-13-30(14-19(18)10-17)20-3-6-31-7-4-20/h2,5,8,11-12,17-20H,3-4,6-7,9-10,13-14H2,1H3,(H,28,29)/t17?,18-,19?/m1/s1. The van der Waals surface area contributed by atoms with E-state index in [0.29, 0.717) is 5.92 Å². The van der Waals surface area contributed by atoms with E-state index in [-0.39, 0.29) is 0 Å². The number of ether oxygens (including phenoxy) is 1. The van der Waals surface area contributed by atoms with Crippen LogP contribution in [-0.4, -0.2) is 52.4 Å². The van der Waals surface area contributed by atoms with Gasteiger partial charge in [-0.3, -0.25) is 15.0 Å². The molecule has 2 saturated heterocycles. The molecule has 3 atom stereocenters. The molecule has 6 rings (SSSR count). The smallest absolute Gasteiger partial charge is 0.100 e. The van der Waals surface area contributed by atoms with E-state index in [2.05, 4.69) is 38.3 Å². The van der Waals surface area contributed by atoms with Crippen molar-refractivity contribution in [3.05, 3.63) is 46.7 Å². The Morgan fingerprint density at radius 2 is 1.87 bits per heavy atom. The second-order valence-electron chi connectivity index (χ2n) is 9.66. The maximum absolute atomic E-state index is 6.79. The summed E-state index contributed by atoms with van der Waals surface area (Å²) in [6.45, 7) is 6.37. The highest BCUT2D eigenvalue weighted by molar-refractivity contribution is 6.32. The van der Waals surface area contributed by atoms with Gasteiger partial charge in [0, 0.05) is 60.2 Å². The molecule has 0 radical (unpaired) electrons. The summed E-state index contributed by atoms with van der Waals surface area (Å²) in [6, 6.07) is 9.22. The van der Waals surface area contributed by atoms with Gasteiger partial charge in [0.05, 0.1) is 5.52 Å². The first kappa shape index (κ1) is 19.7. The molecule has 0 bridgehead atoms. The van der Waals surface area contributed by atoms with Crippen LogP contribution in [0.3, 0.4) is 0 Å². The second kappa shape index (κ2) is 7.88. The maximum atomic E-state index is 6.79. The lowest BCUT2D eigenvalue weighted by Crippen LogP contribution is -2.38. The molecule has 4 heterocycles. The largest absolute Gasteiger partial charge is 0.381 e. The zero-order chi connectivity index (χ0) is 20.9. The molecule has 31 heavy (non-hydrogen) atoms. The summed E-state index contributed by atoms with van der Waals surface area (Å²) in [5, 5.41) is 9.81. The average molecular weight is 437 g/mol. The normalized spacial score (nSPS) is 27.2. The van der Waals surface area contributed by atoms with Gasteiger partial charge in [-0.1, -0.05) is 11.6 Å². The lowest BCUT2D eigenvalue weighted by molar-refractivity contribution is 0.0395. The molecule has 3 fully saturated rings. The number of rotatable bonds is 3. The quantitative estimate of drug-likeness (QED) is 0.613. The minimum atomic E-state index is 0.547. The van der Waals surface area contributed by atoms with Crippen molar-refractivity contribution in [1.29, 1.82) is 0 Å². The van der Waals surface area contributed by atoms with Crippen molar-refractivity contribution in [2.75, 3.05) is 26.3 Å². The van der Waals surface area contributed by atoms with Gasteiger partial charge in [-0.05, 0) is 80.2 Å². The van der Waals surface area contributed by atoms with Crippen LogP contribution >= 0.6 is 11.6 Å². The van der Waals surface area contributed by atoms with E-state index in [0.717, 1.165) is 64.0 Å². The SMILES string of the molecule is Cc1cc(-c2n[nH]c3cc(Cl)c(C4CC5CN(C6CCOCC6)C[C@H]5C4)cc23)ccn1. The predicted molar refractivity (Wildman–Crippen MR) is 123 cm³/mol. The van der Waals surface area contributed by atoms with Crippen molar-refractivity contribution in [2.24, 2.45) is 11.8 Å². The van der Waals surface area contributed by atoms with Gasteiger partial charge < -0.3 is 4.74 Å². The van der Waals surface area contributed by atoms with Gasteiger partial charge in [0.15, 0.2) is 0 Å². The first-order valence-corrected chi connectivity index (χ1v) is 12.0. The van der Waals surface area contributed by atoms with E-state index >= 15 is 0 Å². The Bertz CT molecular complexity index is 1090. The highest BCUT2D eigenvalue weighted by Crippen LogP contribution is 2.49. The number of hydrogen-bond acceptors (Lipinski definition) is 4. The fraction of sp³-hybridized carbons (Fsp3) is 0.520. The van der Waals surface area contributed by atoms with Crippen molar-refractivity contribution in [3.8, 4) is 11.3 Å². The molecule has 2 aliphatic heterocycles. The third kappa shape index (κ3) is 3.57. The van der Waals surface area contributed by atoms with Crippen molar-refractivity contribution in [1.82, 2.24) is 20.1 Å². The fourth-order valence-corrected chi connectivity index (χ4v) is 6.54. The molecule has 2 unspecified atom stereocenters. The Morgan fingerprint density at radius 1 is 1.10 bits per heavy atom. The molecule has 0 spiro atoms. The molecule has 0 amide bonds. The summed E-state index contributed by atoms with van der Waals surface area (Å²) in [6.07, 6.45) is 6.74. The monoisotopic (exact) mass is 436 g/mol. The number of benzene rings is 1. The number of H-pyrrole nitrogens is 1. The van der Waals surface area contributed by atoms with E-state index in [4.69, 9.17) is 16.3 Å². The summed E-state index contributed by atoms with van der Waals surface area (Å²) in [5.74, 6) is 2.14. The molecule has 1 N–H and O–H groups in total. The number of halogens is 1. The first-order chi connectivity index (χ1) is 15.2. The lowest BCUT2D eigenvalue weighted by atomic mass is 9.93. The van der Waals surface area contributed by atoms with E-state index in [1.807, 2.05) is 19.2 Å². The highest BCUT2D eigenvalue weighted by atomic mass is 35.5. The summed E-state index contributed by atoms with van der Waals surface area (Å²) < 4.78 is 5.57. The second-order valence-corrected chi connectivity index (χ2v) is 10.1. The van der Waals surface area contributed by atoms with E-state index in [1.54, 1.807) is 0 Å². The number of pyridine rings is 1. The molecule has 2 aromatic heterocycles. The molecule has 3 aromatic rings.